The van der Waals surface area contributed by atoms with Crippen LogP contribution in [0.5, 0.6) is 0 Å². The molecule has 1 rings (SSSR count). The summed E-state index contributed by atoms with van der Waals surface area (Å²) in [6.07, 6.45) is 0. The van der Waals surface area contributed by atoms with Gasteiger partial charge in [-0.2, -0.15) is 0 Å². The minimum absolute atomic E-state index is 0. The maximum Gasteiger partial charge on any atom is 0.123 e. The molecule has 0 fully saturated rings. The second-order valence-electron chi connectivity index (χ2n) is 3.38. The standard InChI is InChI=1S/C10H14FN.ClH/c1-10(2,12-3)8-4-6-9(11)7-5-8;/h4-7,12H,1-3H3;1H. The van der Waals surface area contributed by atoms with Crippen molar-refractivity contribution in [2.75, 3.05) is 7.05 Å². The molecule has 13 heavy (non-hydrogen) atoms. The van der Waals surface area contributed by atoms with Gasteiger partial charge in [0.15, 0.2) is 0 Å². The molecule has 0 saturated heterocycles. The van der Waals surface area contributed by atoms with E-state index in [1.165, 1.54) is 12.1 Å². The maximum absolute atomic E-state index is 12.6. The topological polar surface area (TPSA) is 12.0 Å². The molecule has 74 valence electrons. The first-order chi connectivity index (χ1) is 5.56. The molecule has 0 unspecified atom stereocenters. The van der Waals surface area contributed by atoms with E-state index >= 15 is 0 Å². The van der Waals surface area contributed by atoms with Crippen LogP contribution in [-0.2, 0) is 5.54 Å². The van der Waals surface area contributed by atoms with Crippen LogP contribution < -0.4 is 5.32 Å². The van der Waals surface area contributed by atoms with E-state index in [4.69, 9.17) is 0 Å². The van der Waals surface area contributed by atoms with Gasteiger partial charge in [-0.15, -0.1) is 12.4 Å². The number of nitrogens with one attached hydrogen (secondary N) is 1. The van der Waals surface area contributed by atoms with Crippen molar-refractivity contribution in [1.29, 1.82) is 0 Å². The smallest absolute Gasteiger partial charge is 0.123 e. The van der Waals surface area contributed by atoms with Crippen LogP contribution in [-0.4, -0.2) is 7.05 Å². The molecule has 1 aromatic carbocycles. The predicted molar refractivity (Wildman–Crippen MR) is 55.7 cm³/mol. The summed E-state index contributed by atoms with van der Waals surface area (Å²) in [5.41, 5.74) is 1.000. The van der Waals surface area contributed by atoms with Gasteiger partial charge in [0.05, 0.1) is 0 Å². The highest BCUT2D eigenvalue weighted by Gasteiger charge is 2.16. The van der Waals surface area contributed by atoms with Crippen LogP contribution in [0.2, 0.25) is 0 Å². The molecule has 3 heteroatoms. The number of rotatable bonds is 2. The van der Waals surface area contributed by atoms with E-state index < -0.39 is 0 Å². The zero-order valence-electron chi connectivity index (χ0n) is 8.10. The first kappa shape index (κ1) is 12.4. The first-order valence-corrected chi connectivity index (χ1v) is 4.01. The minimum Gasteiger partial charge on any atom is -0.311 e. The van der Waals surface area contributed by atoms with Crippen LogP contribution in [0.4, 0.5) is 4.39 Å². The molecule has 1 aromatic rings. The Morgan fingerprint density at radius 1 is 1.15 bits per heavy atom. The Morgan fingerprint density at radius 2 is 1.62 bits per heavy atom. The van der Waals surface area contributed by atoms with E-state index in [1.54, 1.807) is 12.1 Å². The van der Waals surface area contributed by atoms with Gasteiger partial charge in [-0.25, -0.2) is 4.39 Å². The lowest BCUT2D eigenvalue weighted by Gasteiger charge is -2.24. The fourth-order valence-electron chi connectivity index (χ4n) is 1.01. The van der Waals surface area contributed by atoms with Crippen LogP contribution in [0.15, 0.2) is 24.3 Å². The highest BCUT2D eigenvalue weighted by atomic mass is 35.5. The Labute approximate surface area is 84.8 Å². The van der Waals surface area contributed by atoms with Crippen molar-refractivity contribution in [1.82, 2.24) is 5.32 Å². The highest BCUT2D eigenvalue weighted by molar-refractivity contribution is 5.85. The number of benzene rings is 1. The average molecular weight is 204 g/mol. The molecule has 0 spiro atoms. The molecule has 1 nitrogen and oxygen atoms in total. The molecule has 0 aliphatic rings. The Morgan fingerprint density at radius 3 is 2.00 bits per heavy atom. The first-order valence-electron chi connectivity index (χ1n) is 4.01. The molecule has 0 saturated carbocycles. The highest BCUT2D eigenvalue weighted by Crippen LogP contribution is 2.18. The number of halogens is 2. The maximum atomic E-state index is 12.6. The number of hydrogen-bond donors (Lipinski definition) is 1. The summed E-state index contributed by atoms with van der Waals surface area (Å²) in [6, 6.07) is 6.56. The summed E-state index contributed by atoms with van der Waals surface area (Å²) in [5.74, 6) is -0.189. The average Bonchev–Trinajstić information content (AvgIpc) is 2.05. The quantitative estimate of drug-likeness (QED) is 0.780. The Bertz CT molecular complexity index is 256. The normalized spacial score (nSPS) is 10.8. The molecule has 0 atom stereocenters. The molecule has 0 amide bonds. The lowest BCUT2D eigenvalue weighted by atomic mass is 9.95. The lowest BCUT2D eigenvalue weighted by molar-refractivity contribution is 0.444. The van der Waals surface area contributed by atoms with E-state index in [9.17, 15) is 4.39 Å². The summed E-state index contributed by atoms with van der Waals surface area (Å²) in [6.45, 7) is 4.11. The fourth-order valence-corrected chi connectivity index (χ4v) is 1.01. The second-order valence-corrected chi connectivity index (χ2v) is 3.38. The van der Waals surface area contributed by atoms with Gasteiger partial charge in [0, 0.05) is 5.54 Å². The SMILES string of the molecule is CNC(C)(C)c1ccc(F)cc1.Cl. The largest absolute Gasteiger partial charge is 0.311 e. The van der Waals surface area contributed by atoms with E-state index in [2.05, 4.69) is 19.2 Å². The molecule has 1 N–H and O–H groups in total. The van der Waals surface area contributed by atoms with Gasteiger partial charge < -0.3 is 5.32 Å². The van der Waals surface area contributed by atoms with Crippen LogP contribution in [0.1, 0.15) is 19.4 Å². The molecule has 0 radical (unpaired) electrons. The summed E-state index contributed by atoms with van der Waals surface area (Å²) < 4.78 is 12.6. The van der Waals surface area contributed by atoms with Gasteiger partial charge in [-0.05, 0) is 38.6 Å². The summed E-state index contributed by atoms with van der Waals surface area (Å²) in [5, 5.41) is 3.15. The van der Waals surface area contributed by atoms with Crippen LogP contribution in [0, 0.1) is 5.82 Å². The van der Waals surface area contributed by atoms with Crippen LogP contribution >= 0.6 is 12.4 Å². The molecular formula is C10H15ClFN. The molecule has 0 aliphatic carbocycles. The van der Waals surface area contributed by atoms with Gasteiger partial charge in [-0.1, -0.05) is 12.1 Å². The van der Waals surface area contributed by atoms with Crippen molar-refractivity contribution in [3.8, 4) is 0 Å². The van der Waals surface area contributed by atoms with Gasteiger partial charge in [0.2, 0.25) is 0 Å². The zero-order chi connectivity index (χ0) is 9.19. The predicted octanol–water partition coefficient (Wildman–Crippen LogP) is 2.70. The van der Waals surface area contributed by atoms with Gasteiger partial charge in [-0.3, -0.25) is 0 Å². The lowest BCUT2D eigenvalue weighted by Crippen LogP contribution is -2.32. The van der Waals surface area contributed by atoms with E-state index in [0.29, 0.717) is 0 Å². The number of hydrogen-bond acceptors (Lipinski definition) is 1. The van der Waals surface area contributed by atoms with Crippen LogP contribution in [0.3, 0.4) is 0 Å². The summed E-state index contributed by atoms with van der Waals surface area (Å²) in [7, 11) is 1.89. The van der Waals surface area contributed by atoms with Crippen molar-refractivity contribution in [3.63, 3.8) is 0 Å². The van der Waals surface area contributed by atoms with Gasteiger partial charge in [0.1, 0.15) is 5.82 Å². The Balaban J connectivity index is 0.00000144. The Hall–Kier alpha value is -0.600. The summed E-state index contributed by atoms with van der Waals surface area (Å²) >= 11 is 0. The Kier molecular flexibility index (Phi) is 4.37. The van der Waals surface area contributed by atoms with Crippen molar-refractivity contribution in [3.05, 3.63) is 35.6 Å². The van der Waals surface area contributed by atoms with E-state index in [0.717, 1.165) is 5.56 Å². The van der Waals surface area contributed by atoms with Crippen molar-refractivity contribution < 1.29 is 4.39 Å². The van der Waals surface area contributed by atoms with Gasteiger partial charge in [0.25, 0.3) is 0 Å². The molecule has 0 aromatic heterocycles. The third kappa shape index (κ3) is 2.98. The summed E-state index contributed by atoms with van der Waals surface area (Å²) in [4.78, 5) is 0. The fraction of sp³-hybridized carbons (Fsp3) is 0.400. The van der Waals surface area contributed by atoms with E-state index in [-0.39, 0.29) is 23.8 Å². The molecular weight excluding hydrogens is 189 g/mol. The molecule has 0 heterocycles. The van der Waals surface area contributed by atoms with Gasteiger partial charge >= 0.3 is 0 Å². The third-order valence-electron chi connectivity index (χ3n) is 2.19. The van der Waals surface area contributed by atoms with E-state index in [1.807, 2.05) is 7.05 Å². The third-order valence-corrected chi connectivity index (χ3v) is 2.19. The second kappa shape index (κ2) is 4.58. The molecule has 0 bridgehead atoms. The van der Waals surface area contributed by atoms with Crippen LogP contribution in [0.25, 0.3) is 0 Å². The van der Waals surface area contributed by atoms with Crippen molar-refractivity contribution in [2.24, 2.45) is 0 Å². The van der Waals surface area contributed by atoms with Crippen molar-refractivity contribution >= 4 is 12.4 Å². The minimum atomic E-state index is -0.189. The monoisotopic (exact) mass is 203 g/mol. The molecule has 0 aliphatic heterocycles. The van der Waals surface area contributed by atoms with Crippen molar-refractivity contribution in [2.45, 2.75) is 19.4 Å². The zero-order valence-corrected chi connectivity index (χ0v) is 8.91.